The quantitative estimate of drug-likeness (QED) is 0.717. The number of benzene rings is 1. The van der Waals surface area contributed by atoms with Crippen molar-refractivity contribution in [2.75, 3.05) is 0 Å². The second kappa shape index (κ2) is 6.58. The van der Waals surface area contributed by atoms with Crippen LogP contribution in [0.3, 0.4) is 0 Å². The number of carbonyl (C=O) groups excluding carboxylic acids is 1. The fourth-order valence-corrected chi connectivity index (χ4v) is 2.29. The van der Waals surface area contributed by atoms with Gasteiger partial charge in [-0.1, -0.05) is 37.6 Å². The van der Waals surface area contributed by atoms with Gasteiger partial charge >= 0.3 is 0 Å². The van der Waals surface area contributed by atoms with Gasteiger partial charge in [-0.15, -0.1) is 0 Å². The van der Waals surface area contributed by atoms with Crippen LogP contribution in [0.1, 0.15) is 49.8 Å². The average Bonchev–Trinajstić information content (AvgIpc) is 2.22. The van der Waals surface area contributed by atoms with Gasteiger partial charge in [-0.2, -0.15) is 0 Å². The number of aryl methyl sites for hydroxylation is 2. The first-order valence-corrected chi connectivity index (χ1v) is 6.60. The molecule has 0 saturated carbocycles. The van der Waals surface area contributed by atoms with E-state index < -0.39 is 0 Å². The Labute approximate surface area is 105 Å². The van der Waals surface area contributed by atoms with Gasteiger partial charge in [0.2, 0.25) is 0 Å². The zero-order valence-electron chi connectivity index (χ0n) is 11.5. The van der Waals surface area contributed by atoms with E-state index in [1.165, 1.54) is 16.7 Å². The van der Waals surface area contributed by atoms with Crippen LogP contribution in [0.2, 0.25) is 0 Å². The molecule has 0 fully saturated rings. The number of Topliss-reactive ketones (excluding diaryl/α,β-unsaturated/α-hetero) is 1. The van der Waals surface area contributed by atoms with E-state index in [1.807, 2.05) is 0 Å². The third-order valence-electron chi connectivity index (χ3n) is 3.17. The molecule has 94 valence electrons. The van der Waals surface area contributed by atoms with Crippen LogP contribution in [0, 0.1) is 19.8 Å². The maximum Gasteiger partial charge on any atom is 0.133 e. The summed E-state index contributed by atoms with van der Waals surface area (Å²) < 4.78 is 0. The zero-order chi connectivity index (χ0) is 12.8. The third-order valence-corrected chi connectivity index (χ3v) is 3.17. The molecule has 0 radical (unpaired) electrons. The summed E-state index contributed by atoms with van der Waals surface area (Å²) in [5, 5.41) is 0. The summed E-state index contributed by atoms with van der Waals surface area (Å²) in [7, 11) is 0. The SMILES string of the molecule is CCCC(=O)CC(C)Cc1ccc(C)cc1C. The zero-order valence-corrected chi connectivity index (χ0v) is 11.5. The van der Waals surface area contributed by atoms with Crippen LogP contribution in [0.15, 0.2) is 18.2 Å². The maximum atomic E-state index is 11.6. The van der Waals surface area contributed by atoms with Gasteiger partial charge < -0.3 is 0 Å². The van der Waals surface area contributed by atoms with Crippen molar-refractivity contribution in [3.8, 4) is 0 Å². The minimum atomic E-state index is 0.407. The maximum absolute atomic E-state index is 11.6. The fraction of sp³-hybridized carbons (Fsp3) is 0.562. The lowest BCUT2D eigenvalue weighted by molar-refractivity contribution is -0.119. The Kier molecular flexibility index (Phi) is 5.40. The Morgan fingerprint density at radius 1 is 1.29 bits per heavy atom. The van der Waals surface area contributed by atoms with Crippen LogP contribution >= 0.6 is 0 Å². The first-order valence-electron chi connectivity index (χ1n) is 6.60. The topological polar surface area (TPSA) is 17.1 Å². The standard InChI is InChI=1S/C16H24O/c1-5-6-16(17)11-13(3)10-15-8-7-12(2)9-14(15)4/h7-9,13H,5-6,10-11H2,1-4H3. The van der Waals surface area contributed by atoms with E-state index in [4.69, 9.17) is 0 Å². The Morgan fingerprint density at radius 2 is 2.00 bits per heavy atom. The highest BCUT2D eigenvalue weighted by atomic mass is 16.1. The summed E-state index contributed by atoms with van der Waals surface area (Å²) in [6.45, 7) is 8.51. The smallest absolute Gasteiger partial charge is 0.133 e. The van der Waals surface area contributed by atoms with Crippen molar-refractivity contribution >= 4 is 5.78 Å². The normalized spacial score (nSPS) is 12.5. The van der Waals surface area contributed by atoms with Gasteiger partial charge in [0, 0.05) is 12.8 Å². The molecule has 0 spiro atoms. The second-order valence-corrected chi connectivity index (χ2v) is 5.23. The van der Waals surface area contributed by atoms with Crippen molar-refractivity contribution < 1.29 is 4.79 Å². The number of hydrogen-bond donors (Lipinski definition) is 0. The molecule has 0 aliphatic rings. The van der Waals surface area contributed by atoms with Crippen LogP contribution < -0.4 is 0 Å². The number of hydrogen-bond acceptors (Lipinski definition) is 1. The lowest BCUT2D eigenvalue weighted by Gasteiger charge is -2.13. The van der Waals surface area contributed by atoms with E-state index in [0.717, 1.165) is 25.7 Å². The summed E-state index contributed by atoms with van der Waals surface area (Å²) in [4.78, 5) is 11.6. The minimum absolute atomic E-state index is 0.407. The lowest BCUT2D eigenvalue weighted by Crippen LogP contribution is -2.08. The van der Waals surface area contributed by atoms with Gasteiger partial charge in [0.15, 0.2) is 0 Å². The summed E-state index contributed by atoms with van der Waals surface area (Å²) in [5.41, 5.74) is 4.04. The Morgan fingerprint density at radius 3 is 2.59 bits per heavy atom. The molecule has 0 aliphatic heterocycles. The Bertz CT molecular complexity index is 379. The molecule has 0 N–H and O–H groups in total. The van der Waals surface area contributed by atoms with Crippen molar-refractivity contribution in [3.63, 3.8) is 0 Å². The molecule has 0 saturated heterocycles. The van der Waals surface area contributed by atoms with Crippen LogP contribution in [-0.4, -0.2) is 5.78 Å². The van der Waals surface area contributed by atoms with E-state index in [2.05, 4.69) is 45.9 Å². The van der Waals surface area contributed by atoms with Gasteiger partial charge in [-0.25, -0.2) is 0 Å². The van der Waals surface area contributed by atoms with Crippen LogP contribution in [0.5, 0.6) is 0 Å². The average molecular weight is 232 g/mol. The molecule has 1 rings (SSSR count). The van der Waals surface area contributed by atoms with E-state index in [0.29, 0.717) is 11.7 Å². The van der Waals surface area contributed by atoms with Crippen molar-refractivity contribution in [1.82, 2.24) is 0 Å². The minimum Gasteiger partial charge on any atom is -0.300 e. The molecule has 1 heteroatoms. The van der Waals surface area contributed by atoms with Crippen molar-refractivity contribution in [2.24, 2.45) is 5.92 Å². The highest BCUT2D eigenvalue weighted by Gasteiger charge is 2.10. The summed E-state index contributed by atoms with van der Waals surface area (Å²) in [5.74, 6) is 0.861. The third kappa shape index (κ3) is 4.72. The van der Waals surface area contributed by atoms with Gasteiger partial charge in [-0.05, 0) is 43.7 Å². The van der Waals surface area contributed by atoms with E-state index in [-0.39, 0.29) is 0 Å². The van der Waals surface area contributed by atoms with E-state index in [9.17, 15) is 4.79 Å². The summed E-state index contributed by atoms with van der Waals surface area (Å²) in [6.07, 6.45) is 3.44. The van der Waals surface area contributed by atoms with Crippen molar-refractivity contribution in [2.45, 2.75) is 53.4 Å². The highest BCUT2D eigenvalue weighted by Crippen LogP contribution is 2.17. The molecule has 0 bridgehead atoms. The van der Waals surface area contributed by atoms with Crippen LogP contribution in [0.25, 0.3) is 0 Å². The number of carbonyl (C=O) groups is 1. The number of ketones is 1. The van der Waals surface area contributed by atoms with Gasteiger partial charge in [0.1, 0.15) is 5.78 Å². The first kappa shape index (κ1) is 14.0. The molecule has 0 aliphatic carbocycles. The second-order valence-electron chi connectivity index (χ2n) is 5.23. The molecule has 1 unspecified atom stereocenters. The van der Waals surface area contributed by atoms with Gasteiger partial charge in [0.25, 0.3) is 0 Å². The summed E-state index contributed by atoms with van der Waals surface area (Å²) >= 11 is 0. The number of rotatable bonds is 6. The molecule has 0 heterocycles. The monoisotopic (exact) mass is 232 g/mol. The largest absolute Gasteiger partial charge is 0.300 e. The van der Waals surface area contributed by atoms with E-state index in [1.54, 1.807) is 0 Å². The van der Waals surface area contributed by atoms with Crippen LogP contribution in [0.4, 0.5) is 0 Å². The molecule has 1 aromatic carbocycles. The predicted octanol–water partition coefficient (Wildman–Crippen LogP) is 4.24. The molecule has 1 nitrogen and oxygen atoms in total. The van der Waals surface area contributed by atoms with Gasteiger partial charge in [0.05, 0.1) is 0 Å². The molecular formula is C16H24O. The highest BCUT2D eigenvalue weighted by molar-refractivity contribution is 5.78. The molecule has 0 aromatic heterocycles. The molecular weight excluding hydrogens is 208 g/mol. The van der Waals surface area contributed by atoms with E-state index >= 15 is 0 Å². The van der Waals surface area contributed by atoms with Crippen molar-refractivity contribution in [3.05, 3.63) is 34.9 Å². The van der Waals surface area contributed by atoms with Gasteiger partial charge in [-0.3, -0.25) is 4.79 Å². The molecule has 1 atom stereocenters. The Balaban J connectivity index is 2.55. The van der Waals surface area contributed by atoms with Crippen LogP contribution in [-0.2, 0) is 11.2 Å². The van der Waals surface area contributed by atoms with Crippen molar-refractivity contribution in [1.29, 1.82) is 0 Å². The Hall–Kier alpha value is -1.11. The molecule has 17 heavy (non-hydrogen) atoms. The predicted molar refractivity (Wildman–Crippen MR) is 73.3 cm³/mol. The first-order chi connectivity index (χ1) is 8.02. The molecule has 0 amide bonds. The lowest BCUT2D eigenvalue weighted by atomic mass is 9.92. The fourth-order valence-electron chi connectivity index (χ4n) is 2.29. The molecule has 1 aromatic rings. The summed E-state index contributed by atoms with van der Waals surface area (Å²) in [6, 6.07) is 6.57.